The van der Waals surface area contributed by atoms with Crippen LogP contribution in [0.5, 0.6) is 0 Å². The Morgan fingerprint density at radius 2 is 2.00 bits per heavy atom. The summed E-state index contributed by atoms with van der Waals surface area (Å²) in [5, 5.41) is 2.86. The topological polar surface area (TPSA) is 75.7 Å². The van der Waals surface area contributed by atoms with Crippen molar-refractivity contribution in [3.63, 3.8) is 0 Å². The average Bonchev–Trinajstić information content (AvgIpc) is 3.11. The molecule has 6 heteroatoms. The van der Waals surface area contributed by atoms with Gasteiger partial charge >= 0.3 is 5.97 Å². The van der Waals surface area contributed by atoms with Gasteiger partial charge in [0.15, 0.2) is 6.61 Å². The fourth-order valence-electron chi connectivity index (χ4n) is 4.84. The van der Waals surface area contributed by atoms with Crippen molar-refractivity contribution in [1.82, 2.24) is 4.90 Å². The van der Waals surface area contributed by atoms with E-state index in [1.807, 2.05) is 36.9 Å². The number of hydrogen-bond acceptors (Lipinski definition) is 4. The van der Waals surface area contributed by atoms with E-state index >= 15 is 0 Å². The van der Waals surface area contributed by atoms with Gasteiger partial charge in [0.2, 0.25) is 5.91 Å². The minimum atomic E-state index is -0.487. The number of likely N-dealkylation sites (tertiary alicyclic amines) is 1. The molecule has 164 valence electrons. The van der Waals surface area contributed by atoms with Gasteiger partial charge in [-0.25, -0.2) is 0 Å². The highest BCUT2D eigenvalue weighted by Crippen LogP contribution is 2.36. The number of carbonyl (C=O) groups excluding carboxylic acids is 3. The number of benzene rings is 1. The molecule has 0 radical (unpaired) electrons. The van der Waals surface area contributed by atoms with Gasteiger partial charge in [-0.2, -0.15) is 0 Å². The highest BCUT2D eigenvalue weighted by Gasteiger charge is 2.42. The zero-order valence-corrected chi connectivity index (χ0v) is 18.6. The molecule has 2 amide bonds. The molecule has 3 rings (SSSR count). The number of carbonyl (C=O) groups is 3. The Morgan fingerprint density at radius 1 is 1.23 bits per heavy atom. The zero-order chi connectivity index (χ0) is 21.8. The molecule has 6 nitrogen and oxygen atoms in total. The van der Waals surface area contributed by atoms with Gasteiger partial charge in [0, 0.05) is 24.7 Å². The Bertz CT molecular complexity index is 806. The van der Waals surface area contributed by atoms with Crippen molar-refractivity contribution in [2.75, 3.05) is 18.5 Å². The van der Waals surface area contributed by atoms with Crippen LogP contribution in [-0.2, 0) is 25.5 Å². The van der Waals surface area contributed by atoms with E-state index in [0.29, 0.717) is 18.4 Å². The Morgan fingerprint density at radius 3 is 2.73 bits per heavy atom. The number of ether oxygens (including phenoxy) is 1. The number of aryl methyl sites for hydroxylation is 2. The number of rotatable bonds is 6. The molecule has 0 unspecified atom stereocenters. The highest BCUT2D eigenvalue weighted by atomic mass is 16.5. The van der Waals surface area contributed by atoms with Gasteiger partial charge in [0.1, 0.15) is 0 Å². The monoisotopic (exact) mass is 414 g/mol. The van der Waals surface area contributed by atoms with Gasteiger partial charge in [-0.05, 0) is 42.7 Å². The minimum Gasteiger partial charge on any atom is -0.455 e. The predicted octanol–water partition coefficient (Wildman–Crippen LogP) is 3.71. The fraction of sp³-hybridized carbons (Fsp3) is 0.625. The van der Waals surface area contributed by atoms with Crippen molar-refractivity contribution >= 4 is 23.5 Å². The molecule has 1 heterocycles. The van der Waals surface area contributed by atoms with E-state index in [-0.39, 0.29) is 30.9 Å². The molecule has 2 aliphatic rings. The summed E-state index contributed by atoms with van der Waals surface area (Å²) >= 11 is 0. The number of hydrogen-bond donors (Lipinski definition) is 1. The standard InChI is InChI=1S/C24H34N2O4/c1-5-18-10-6-9-16(3)23(18)25-21(27)14-30-24(29)19-12-22(28)26(13-19)20-11-7-8-15(2)17(20)4/h6,9-10,15,17,19-20H,5,7-8,11-14H2,1-4H3,(H,25,27)/t15-,17-,19+,20+/m0/s1. The van der Waals surface area contributed by atoms with E-state index in [1.165, 1.54) is 6.42 Å². The summed E-state index contributed by atoms with van der Waals surface area (Å²) in [4.78, 5) is 39.3. The number of nitrogens with zero attached hydrogens (tertiary/aromatic N) is 1. The van der Waals surface area contributed by atoms with E-state index in [4.69, 9.17) is 4.74 Å². The summed E-state index contributed by atoms with van der Waals surface area (Å²) in [5.41, 5.74) is 2.80. The molecule has 1 saturated carbocycles. The van der Waals surface area contributed by atoms with Crippen LogP contribution < -0.4 is 5.32 Å². The first kappa shape index (κ1) is 22.3. The van der Waals surface area contributed by atoms with Crippen LogP contribution in [0.2, 0.25) is 0 Å². The molecular formula is C24H34N2O4. The maximum Gasteiger partial charge on any atom is 0.311 e. The van der Waals surface area contributed by atoms with Gasteiger partial charge in [0.25, 0.3) is 5.91 Å². The van der Waals surface area contributed by atoms with Gasteiger partial charge in [-0.3, -0.25) is 14.4 Å². The van der Waals surface area contributed by atoms with Crippen molar-refractivity contribution in [3.05, 3.63) is 29.3 Å². The lowest BCUT2D eigenvalue weighted by Gasteiger charge is -2.39. The summed E-state index contributed by atoms with van der Waals surface area (Å²) in [6.07, 6.45) is 4.29. The summed E-state index contributed by atoms with van der Waals surface area (Å²) in [5.74, 6) is -0.258. The molecule has 1 aliphatic carbocycles. The second kappa shape index (κ2) is 9.63. The van der Waals surface area contributed by atoms with Crippen molar-refractivity contribution in [3.8, 4) is 0 Å². The van der Waals surface area contributed by atoms with Crippen molar-refractivity contribution in [1.29, 1.82) is 0 Å². The summed E-state index contributed by atoms with van der Waals surface area (Å²) < 4.78 is 5.28. The maximum absolute atomic E-state index is 12.6. The molecule has 30 heavy (non-hydrogen) atoms. The molecule has 0 spiro atoms. The van der Waals surface area contributed by atoms with Gasteiger partial charge in [-0.15, -0.1) is 0 Å². The predicted molar refractivity (Wildman–Crippen MR) is 116 cm³/mol. The van der Waals surface area contributed by atoms with Crippen molar-refractivity contribution in [2.45, 2.75) is 65.8 Å². The summed E-state index contributed by atoms with van der Waals surface area (Å²) in [6.45, 7) is 8.47. The summed E-state index contributed by atoms with van der Waals surface area (Å²) in [6, 6.07) is 6.07. The third kappa shape index (κ3) is 4.85. The summed E-state index contributed by atoms with van der Waals surface area (Å²) in [7, 11) is 0. The molecular weight excluding hydrogens is 380 g/mol. The quantitative estimate of drug-likeness (QED) is 0.720. The number of anilines is 1. The molecule has 0 aromatic heterocycles. The lowest BCUT2D eigenvalue weighted by molar-refractivity contribution is -0.151. The molecule has 1 aromatic rings. The van der Waals surface area contributed by atoms with Crippen molar-refractivity contribution < 1.29 is 19.1 Å². The van der Waals surface area contributed by atoms with Gasteiger partial charge in [0.05, 0.1) is 5.92 Å². The second-order valence-corrected chi connectivity index (χ2v) is 8.90. The van der Waals surface area contributed by atoms with Crippen LogP contribution in [0, 0.1) is 24.7 Å². The fourth-order valence-corrected chi connectivity index (χ4v) is 4.84. The molecule has 0 bridgehead atoms. The largest absolute Gasteiger partial charge is 0.455 e. The van der Waals surface area contributed by atoms with Crippen LogP contribution in [0.25, 0.3) is 0 Å². The Kier molecular flexibility index (Phi) is 7.16. The number of nitrogens with one attached hydrogen (secondary N) is 1. The maximum atomic E-state index is 12.6. The van der Waals surface area contributed by atoms with E-state index in [9.17, 15) is 14.4 Å². The van der Waals surface area contributed by atoms with Crippen molar-refractivity contribution in [2.24, 2.45) is 17.8 Å². The zero-order valence-electron chi connectivity index (χ0n) is 18.6. The van der Waals surface area contributed by atoms with Crippen LogP contribution >= 0.6 is 0 Å². The smallest absolute Gasteiger partial charge is 0.311 e. The van der Waals surface area contributed by atoms with Crippen LogP contribution in [0.3, 0.4) is 0 Å². The molecule has 2 fully saturated rings. The number of para-hydroxylation sites is 1. The van der Waals surface area contributed by atoms with Crippen LogP contribution in [0.4, 0.5) is 5.69 Å². The lowest BCUT2D eigenvalue weighted by atomic mass is 9.77. The van der Waals surface area contributed by atoms with E-state index in [0.717, 1.165) is 36.1 Å². The molecule has 1 N–H and O–H groups in total. The van der Waals surface area contributed by atoms with E-state index < -0.39 is 11.9 Å². The average molecular weight is 415 g/mol. The first-order chi connectivity index (χ1) is 14.3. The number of amides is 2. The van der Waals surface area contributed by atoms with Crippen LogP contribution in [-0.4, -0.2) is 41.9 Å². The Hall–Kier alpha value is -2.37. The van der Waals surface area contributed by atoms with E-state index in [1.54, 1.807) is 0 Å². The SMILES string of the molecule is CCc1cccc(C)c1NC(=O)COC(=O)[C@@H]1CC(=O)N([C@@H]2CCC[C@H](C)[C@@H]2C)C1. The molecule has 1 saturated heterocycles. The number of esters is 1. The Labute approximate surface area is 179 Å². The lowest BCUT2D eigenvalue weighted by Crippen LogP contribution is -2.45. The first-order valence-electron chi connectivity index (χ1n) is 11.2. The normalized spacial score (nSPS) is 26.5. The highest BCUT2D eigenvalue weighted by molar-refractivity contribution is 5.95. The third-order valence-corrected chi connectivity index (χ3v) is 6.91. The first-order valence-corrected chi connectivity index (χ1v) is 11.2. The Balaban J connectivity index is 1.53. The third-order valence-electron chi connectivity index (χ3n) is 6.91. The van der Waals surface area contributed by atoms with Crippen LogP contribution in [0.1, 0.15) is 57.6 Å². The minimum absolute atomic E-state index is 0.0276. The van der Waals surface area contributed by atoms with Gasteiger partial charge < -0.3 is 15.0 Å². The van der Waals surface area contributed by atoms with E-state index in [2.05, 4.69) is 19.2 Å². The van der Waals surface area contributed by atoms with Crippen LogP contribution in [0.15, 0.2) is 18.2 Å². The molecule has 1 aliphatic heterocycles. The second-order valence-electron chi connectivity index (χ2n) is 8.90. The molecule has 4 atom stereocenters. The van der Waals surface area contributed by atoms with Gasteiger partial charge in [-0.1, -0.05) is 51.8 Å². The molecule has 1 aromatic carbocycles.